The Morgan fingerprint density at radius 3 is 1.90 bits per heavy atom. The summed E-state index contributed by atoms with van der Waals surface area (Å²) in [6.07, 6.45) is 5.29. The van der Waals surface area contributed by atoms with Crippen molar-refractivity contribution in [3.63, 3.8) is 0 Å². The van der Waals surface area contributed by atoms with E-state index in [-0.39, 0.29) is 55.8 Å². The van der Waals surface area contributed by atoms with Gasteiger partial charge in [-0.3, -0.25) is 0 Å². The van der Waals surface area contributed by atoms with Crippen LogP contribution in [0.5, 0.6) is 0 Å². The number of halogens is 1. The second-order valence-electron chi connectivity index (χ2n) is 9.37. The predicted molar refractivity (Wildman–Crippen MR) is 158 cm³/mol. The van der Waals surface area contributed by atoms with Crippen LogP contribution in [0.25, 0.3) is 23.3 Å². The molecular weight excluding hydrogens is 695 g/mol. The zero-order valence-corrected chi connectivity index (χ0v) is 27.2. The SMILES string of the molecule is CCN(CC)c1c(C)cc(-c2nc(-n3cccn3)nc(-n3cccn3)n2)cc1C.OC(CF)CC(O)c1cccs1.[Eu]. The van der Waals surface area contributed by atoms with Crippen LogP contribution >= 0.6 is 11.3 Å². The van der Waals surface area contributed by atoms with E-state index in [0.717, 1.165) is 23.5 Å². The van der Waals surface area contributed by atoms with Gasteiger partial charge in [0, 0.05) is 110 Å². The number of thiophene rings is 1. The van der Waals surface area contributed by atoms with Crippen molar-refractivity contribution in [2.45, 2.75) is 46.3 Å². The quantitative estimate of drug-likeness (QED) is 0.209. The molecule has 10 nitrogen and oxygen atoms in total. The van der Waals surface area contributed by atoms with Gasteiger partial charge in [0.05, 0.1) is 12.2 Å². The number of hydrogen-bond acceptors (Lipinski definition) is 9. The van der Waals surface area contributed by atoms with Crippen LogP contribution in [0.3, 0.4) is 0 Å². The predicted octanol–water partition coefficient (Wildman–Crippen LogP) is 4.88. The molecule has 0 amide bonds. The van der Waals surface area contributed by atoms with Crippen LogP contribution in [-0.2, 0) is 0 Å². The van der Waals surface area contributed by atoms with Crippen molar-refractivity contribution in [3.8, 4) is 23.3 Å². The number of anilines is 1. The number of hydrogen-bond donors (Lipinski definition) is 2. The third-order valence-corrected chi connectivity index (χ3v) is 7.38. The Morgan fingerprint density at radius 2 is 1.48 bits per heavy atom. The maximum absolute atomic E-state index is 11.8. The van der Waals surface area contributed by atoms with Crippen LogP contribution in [0.2, 0.25) is 0 Å². The summed E-state index contributed by atoms with van der Waals surface area (Å²) in [4.78, 5) is 17.0. The first-order valence-corrected chi connectivity index (χ1v) is 14.3. The Kier molecular flexibility index (Phi) is 13.3. The second-order valence-corrected chi connectivity index (χ2v) is 10.3. The largest absolute Gasteiger partial charge is 0.390 e. The van der Waals surface area contributed by atoms with Crippen molar-refractivity contribution in [1.82, 2.24) is 34.5 Å². The standard InChI is InChI=1S/C21H24N8.C8H11FO2S.Eu/c1-5-27(6-2)18-15(3)13-17(14-16(18)4)19-24-20(28-11-7-9-22-28)26-21(25-19)29-12-8-10-23-29;9-5-6(10)4-7(11)8-2-1-3-12-8;/h7-14H,5-6H2,1-4H3;1-3,6-7,10-11H,4-5H2;. The van der Waals surface area contributed by atoms with Gasteiger partial charge in [-0.1, -0.05) is 6.07 Å². The van der Waals surface area contributed by atoms with Gasteiger partial charge in [0.2, 0.25) is 0 Å². The molecule has 1 radical (unpaired) electrons. The van der Waals surface area contributed by atoms with E-state index in [0.29, 0.717) is 17.7 Å². The van der Waals surface area contributed by atoms with E-state index >= 15 is 0 Å². The van der Waals surface area contributed by atoms with Gasteiger partial charge in [-0.25, -0.2) is 13.8 Å². The topological polar surface area (TPSA) is 118 Å². The minimum absolute atomic E-state index is 0. The molecule has 4 heterocycles. The first kappa shape index (κ1) is 34.1. The fourth-order valence-electron chi connectivity index (χ4n) is 4.50. The average Bonchev–Trinajstić information content (AvgIpc) is 3.78. The van der Waals surface area contributed by atoms with Crippen molar-refractivity contribution < 1.29 is 64.0 Å². The second kappa shape index (κ2) is 16.4. The van der Waals surface area contributed by atoms with Gasteiger partial charge >= 0.3 is 0 Å². The molecule has 2 N–H and O–H groups in total. The first-order valence-electron chi connectivity index (χ1n) is 13.4. The molecule has 5 rings (SSSR count). The monoisotopic (exact) mass is 731 g/mol. The van der Waals surface area contributed by atoms with E-state index < -0.39 is 18.9 Å². The molecule has 0 bridgehead atoms. The van der Waals surface area contributed by atoms with Crippen LogP contribution in [-0.4, -0.2) is 70.6 Å². The minimum atomic E-state index is -1.05. The zero-order chi connectivity index (χ0) is 29.4. The third kappa shape index (κ3) is 8.58. The summed E-state index contributed by atoms with van der Waals surface area (Å²) in [6, 6.07) is 11.5. The van der Waals surface area contributed by atoms with Gasteiger partial charge in [0.15, 0.2) is 5.82 Å². The summed E-state index contributed by atoms with van der Waals surface area (Å²) in [5.41, 5.74) is 4.61. The van der Waals surface area contributed by atoms with E-state index in [1.54, 1.807) is 27.8 Å². The molecule has 4 aromatic heterocycles. The smallest absolute Gasteiger partial charge is 0.255 e. The van der Waals surface area contributed by atoms with E-state index in [9.17, 15) is 9.50 Å². The Balaban J connectivity index is 0.000000315. The van der Waals surface area contributed by atoms with Gasteiger partial charge < -0.3 is 15.1 Å². The van der Waals surface area contributed by atoms with E-state index in [1.807, 2.05) is 36.0 Å². The fraction of sp³-hybridized carbons (Fsp3) is 0.345. The average molecular weight is 731 g/mol. The molecule has 2 atom stereocenters. The van der Waals surface area contributed by atoms with Crippen LogP contribution in [0, 0.1) is 63.2 Å². The maximum Gasteiger partial charge on any atom is 0.255 e. The number of alkyl halides is 1. The molecule has 5 aromatic rings. The molecule has 0 fully saturated rings. The van der Waals surface area contributed by atoms with Crippen molar-refractivity contribution in [3.05, 3.63) is 82.6 Å². The number of aryl methyl sites for hydroxylation is 2. The Labute approximate surface area is 289 Å². The van der Waals surface area contributed by atoms with Crippen LogP contribution in [0.15, 0.2) is 66.6 Å². The summed E-state index contributed by atoms with van der Waals surface area (Å²) < 4.78 is 15.1. The Morgan fingerprint density at radius 1 is 0.905 bits per heavy atom. The molecule has 0 aliphatic carbocycles. The third-order valence-electron chi connectivity index (χ3n) is 6.40. The van der Waals surface area contributed by atoms with Gasteiger partial charge in [-0.15, -0.1) is 11.3 Å². The number of aliphatic hydroxyl groups excluding tert-OH is 2. The molecule has 0 spiro atoms. The van der Waals surface area contributed by atoms with E-state index in [4.69, 9.17) is 5.11 Å². The van der Waals surface area contributed by atoms with E-state index in [2.05, 4.69) is 69.9 Å². The maximum atomic E-state index is 11.8. The molecule has 1 aromatic carbocycles. The molecule has 2 unspecified atom stereocenters. The molecule has 0 saturated heterocycles. The molecule has 0 aliphatic rings. The number of benzene rings is 1. The van der Waals surface area contributed by atoms with Crippen LogP contribution in [0.1, 0.15) is 42.4 Å². The number of nitrogens with zero attached hydrogens (tertiary/aromatic N) is 8. The van der Waals surface area contributed by atoms with Gasteiger partial charge in [-0.2, -0.15) is 25.1 Å². The Bertz CT molecular complexity index is 1420. The summed E-state index contributed by atoms with van der Waals surface area (Å²) in [5.74, 6) is 1.50. The minimum Gasteiger partial charge on any atom is -0.390 e. The fourth-order valence-corrected chi connectivity index (χ4v) is 5.23. The molecule has 223 valence electrons. The summed E-state index contributed by atoms with van der Waals surface area (Å²) in [6.45, 7) is 9.75. The first-order chi connectivity index (χ1) is 19.8. The van der Waals surface area contributed by atoms with Crippen LogP contribution < -0.4 is 4.90 Å². The van der Waals surface area contributed by atoms with Gasteiger partial charge in [0.1, 0.15) is 6.67 Å². The van der Waals surface area contributed by atoms with E-state index in [1.165, 1.54) is 28.2 Å². The molecule has 0 aliphatic heterocycles. The number of aliphatic hydroxyl groups is 2. The normalized spacial score (nSPS) is 12.2. The number of rotatable bonds is 10. The molecule has 42 heavy (non-hydrogen) atoms. The van der Waals surface area contributed by atoms with Gasteiger partial charge in [-0.05, 0) is 74.5 Å². The van der Waals surface area contributed by atoms with Crippen molar-refractivity contribution >= 4 is 17.0 Å². The van der Waals surface area contributed by atoms with Crippen molar-refractivity contribution in [1.29, 1.82) is 0 Å². The Hall–Kier alpha value is -2.42. The zero-order valence-electron chi connectivity index (χ0n) is 24.0. The summed E-state index contributed by atoms with van der Waals surface area (Å²) >= 11 is 1.40. The molecule has 13 heteroatoms. The number of aromatic nitrogens is 7. The van der Waals surface area contributed by atoms with Gasteiger partial charge in [0.25, 0.3) is 11.9 Å². The van der Waals surface area contributed by atoms with Crippen molar-refractivity contribution in [2.75, 3.05) is 24.7 Å². The van der Waals surface area contributed by atoms with Crippen LogP contribution in [0.4, 0.5) is 10.1 Å². The summed E-state index contributed by atoms with van der Waals surface area (Å²) in [5, 5.41) is 28.7. The molecule has 0 saturated carbocycles. The molecular formula is C29H35EuFN8O2S. The summed E-state index contributed by atoms with van der Waals surface area (Å²) in [7, 11) is 0. The van der Waals surface area contributed by atoms with Crippen molar-refractivity contribution in [2.24, 2.45) is 0 Å².